The third kappa shape index (κ3) is 12.7. The van der Waals surface area contributed by atoms with E-state index < -0.39 is 125 Å². The van der Waals surface area contributed by atoms with Gasteiger partial charge in [0.25, 0.3) is 22.7 Å². The smallest absolute Gasteiger partial charge is 0.286 e. The molecule has 5 aromatic rings. The van der Waals surface area contributed by atoms with E-state index in [9.17, 15) is 107 Å². The summed E-state index contributed by atoms with van der Waals surface area (Å²) in [6.45, 7) is 0. The number of nitro benzene ring substituents is 4. The maximum Gasteiger partial charge on any atom is 0.286 e. The molecule has 5 rings (SSSR count). The summed E-state index contributed by atoms with van der Waals surface area (Å²) >= 11 is 0. The van der Waals surface area contributed by atoms with E-state index in [-0.39, 0.29) is 41.7 Å². The number of non-ortho nitro benzene ring substituents is 2. The second-order valence-corrected chi connectivity index (χ2v) is 17.0. The lowest BCUT2D eigenvalue weighted by atomic mass is 10.1. The van der Waals surface area contributed by atoms with E-state index >= 15 is 0 Å². The Morgan fingerprint density at radius 1 is 0.562 bits per heavy atom. The highest BCUT2D eigenvalue weighted by Gasteiger charge is 2.22. The number of aldehydes is 1. The van der Waals surface area contributed by atoms with Crippen LogP contribution in [0.1, 0.15) is 23.3 Å². The maximum atomic E-state index is 11.4. The van der Waals surface area contributed by atoms with Crippen molar-refractivity contribution in [2.24, 2.45) is 4.99 Å². The quantitative estimate of drug-likeness (QED) is 0.0326. The highest BCUT2D eigenvalue weighted by atomic mass is 32.2. The zero-order valence-corrected chi connectivity index (χ0v) is 33.3. The van der Waals surface area contributed by atoms with Crippen molar-refractivity contribution in [2.75, 3.05) is 5.73 Å². The van der Waals surface area contributed by atoms with Crippen molar-refractivity contribution in [2.45, 2.75) is 27.0 Å². The molecule has 0 radical (unpaired) electrons. The average Bonchev–Trinajstić information content (AvgIpc) is 3.16. The molecule has 0 spiro atoms. The van der Waals surface area contributed by atoms with Gasteiger partial charge in [-0.1, -0.05) is 7.43 Å². The summed E-state index contributed by atoms with van der Waals surface area (Å²) < 4.78 is 133. The number of carbonyl (C=O) groups is 1. The SMILES string of the molecule is C.Nc1c(S(=O)(=O)[O-])cc2cc(S(=O)(=O)[O-])ccc2c1O.O=Cc1ccc([N+](=O)[O-])cc1[N+](=O)[O-].O=[N+]([O-])c1ccc(C=Nc2c(O)cc(S(=O)(=O)[O-])cc2S(=O)(=O)[O-])c([N+](=O)[O-])c1. The Morgan fingerprint density at radius 2 is 1.03 bits per heavy atom. The molecule has 0 saturated carbocycles. The molecule has 33 heteroatoms. The summed E-state index contributed by atoms with van der Waals surface area (Å²) in [6.07, 6.45) is 0.902. The Bertz CT molecular complexity index is 3250. The highest BCUT2D eigenvalue weighted by Crippen LogP contribution is 2.38. The van der Waals surface area contributed by atoms with Gasteiger partial charge in [-0.2, -0.15) is 0 Å². The number of fused-ring (bicyclic) bond motifs is 1. The number of hydrogen-bond donors (Lipinski definition) is 3. The third-order valence-electron chi connectivity index (χ3n) is 7.53. The number of nitro groups is 4. The van der Waals surface area contributed by atoms with Gasteiger partial charge in [-0.3, -0.25) is 50.2 Å². The molecule has 0 aliphatic rings. The van der Waals surface area contributed by atoms with Crippen LogP contribution in [0.5, 0.6) is 11.5 Å². The summed E-state index contributed by atoms with van der Waals surface area (Å²) in [5.41, 5.74) is 0.789. The Hall–Kier alpha value is -7.66. The number of hydrogen-bond acceptors (Lipinski definition) is 25. The summed E-state index contributed by atoms with van der Waals surface area (Å²) in [6, 6.07) is 9.43. The molecule has 5 aromatic carbocycles. The molecule has 4 N–H and O–H groups in total. The van der Waals surface area contributed by atoms with Crippen LogP contribution in [0.4, 0.5) is 34.1 Å². The van der Waals surface area contributed by atoms with E-state index in [1.165, 1.54) is 0 Å². The first-order chi connectivity index (χ1) is 28.8. The van der Waals surface area contributed by atoms with Crippen LogP contribution >= 0.6 is 0 Å². The van der Waals surface area contributed by atoms with E-state index in [1.54, 1.807) is 0 Å². The standard InChI is InChI=1S/C13H9N3O11S2.C10H9NO7S2.C7H4N2O5.CH4/c17-11-4-9(28(22,23)24)5-12(29(25,26)27)13(11)14-6-7-1-2-8(15(18)19)3-10(7)16(20)21;11-9-8(20(16,17)18)4-5-3-6(19(13,14)15)1-2-7(5)10(9)12;10-4-5-1-2-6(8(11)12)3-7(5)9(13)14;/h1-6,17H,(H,22,23,24)(H,25,26,27);1-4,12H,11H2,(H,13,14,15)(H,16,17,18);1-4H;1H4/p-4. The number of carbonyl (C=O) groups excluding carboxylic acids is 1. The van der Waals surface area contributed by atoms with E-state index in [2.05, 4.69) is 4.99 Å². The van der Waals surface area contributed by atoms with E-state index in [0.29, 0.717) is 18.3 Å². The number of anilines is 1. The fourth-order valence-corrected chi connectivity index (χ4v) is 7.10. The van der Waals surface area contributed by atoms with Gasteiger partial charge in [0.15, 0.2) is 6.29 Å². The number of aliphatic imine (C=N–C) groups is 1. The fourth-order valence-electron chi connectivity index (χ4n) is 4.70. The van der Waals surface area contributed by atoms with Crippen LogP contribution < -0.4 is 5.73 Å². The van der Waals surface area contributed by atoms with E-state index in [4.69, 9.17) is 5.73 Å². The van der Waals surface area contributed by atoms with Crippen molar-refractivity contribution in [3.8, 4) is 11.5 Å². The lowest BCUT2D eigenvalue weighted by Crippen LogP contribution is -2.04. The minimum absolute atomic E-state index is 0. The number of nitrogen functional groups attached to an aromatic ring is 1. The zero-order chi connectivity index (χ0) is 48.2. The minimum Gasteiger partial charge on any atom is -0.744 e. The van der Waals surface area contributed by atoms with Gasteiger partial charge in [-0.25, -0.2) is 33.7 Å². The van der Waals surface area contributed by atoms with Gasteiger partial charge in [0.05, 0.1) is 68.2 Å². The van der Waals surface area contributed by atoms with E-state index in [0.717, 1.165) is 54.6 Å². The molecule has 29 nitrogen and oxygen atoms in total. The Kier molecular flexibility index (Phi) is 16.1. The molecule has 0 saturated heterocycles. The van der Waals surface area contributed by atoms with Crippen molar-refractivity contribution in [1.82, 2.24) is 0 Å². The molecule has 64 heavy (non-hydrogen) atoms. The normalized spacial score (nSPS) is 11.6. The summed E-state index contributed by atoms with van der Waals surface area (Å²) in [5.74, 6) is -1.86. The molecule has 0 bridgehead atoms. The molecule has 0 aliphatic carbocycles. The second-order valence-electron chi connectivity index (χ2n) is 11.5. The molecule has 0 atom stereocenters. The molecule has 0 unspecified atom stereocenters. The van der Waals surface area contributed by atoms with Crippen molar-refractivity contribution in [3.63, 3.8) is 0 Å². The largest absolute Gasteiger partial charge is 0.744 e. The fraction of sp³-hybridized carbons (Fsp3) is 0.0323. The van der Waals surface area contributed by atoms with Gasteiger partial charge in [0, 0.05) is 23.7 Å². The highest BCUT2D eigenvalue weighted by molar-refractivity contribution is 7.87. The number of phenolic OH excluding ortho intramolecular Hbond substituents is 2. The van der Waals surface area contributed by atoms with Crippen molar-refractivity contribution < 1.29 is 86.6 Å². The van der Waals surface area contributed by atoms with Crippen LogP contribution in [0, 0.1) is 40.5 Å². The second kappa shape index (κ2) is 19.6. The van der Waals surface area contributed by atoms with Gasteiger partial charge in [-0.15, -0.1) is 0 Å². The molecule has 0 aliphatic heterocycles. The molecule has 0 aromatic heterocycles. The number of phenols is 2. The summed E-state index contributed by atoms with van der Waals surface area (Å²) in [4.78, 5) is 48.7. The summed E-state index contributed by atoms with van der Waals surface area (Å²) in [5, 5.41) is 61.9. The maximum absolute atomic E-state index is 11.4. The van der Waals surface area contributed by atoms with Crippen LogP contribution in [-0.4, -0.2) is 94.3 Å². The van der Waals surface area contributed by atoms with Crippen LogP contribution in [0.3, 0.4) is 0 Å². The Balaban J connectivity index is 0.000000350. The first kappa shape index (κ1) is 52.5. The predicted octanol–water partition coefficient (Wildman–Crippen LogP) is 2.65. The van der Waals surface area contributed by atoms with Gasteiger partial charge >= 0.3 is 0 Å². The Labute approximate surface area is 357 Å². The van der Waals surface area contributed by atoms with E-state index in [1.807, 2.05) is 0 Å². The van der Waals surface area contributed by atoms with Crippen LogP contribution in [-0.2, 0) is 40.5 Å². The zero-order valence-electron chi connectivity index (χ0n) is 30.0. The van der Waals surface area contributed by atoms with Gasteiger partial charge in [0.1, 0.15) is 57.7 Å². The summed E-state index contributed by atoms with van der Waals surface area (Å²) in [7, 11) is -20.4. The van der Waals surface area contributed by atoms with Crippen LogP contribution in [0.2, 0.25) is 0 Å². The number of rotatable bonds is 11. The monoisotopic (exact) mass is 974 g/mol. The molecular weight excluding hydrogens is 953 g/mol. The molecule has 0 fully saturated rings. The van der Waals surface area contributed by atoms with Crippen molar-refractivity contribution >= 4 is 97.9 Å². The Morgan fingerprint density at radius 3 is 1.45 bits per heavy atom. The predicted molar refractivity (Wildman–Crippen MR) is 209 cm³/mol. The van der Waals surface area contributed by atoms with Crippen molar-refractivity contribution in [1.29, 1.82) is 0 Å². The number of benzene rings is 5. The number of nitrogens with two attached hydrogens (primary N) is 1. The lowest BCUT2D eigenvalue weighted by Gasteiger charge is -2.15. The molecule has 0 heterocycles. The van der Waals surface area contributed by atoms with Crippen LogP contribution in [0.25, 0.3) is 10.8 Å². The van der Waals surface area contributed by atoms with Crippen LogP contribution in [0.15, 0.2) is 97.4 Å². The van der Waals surface area contributed by atoms with Gasteiger partial charge < -0.3 is 34.2 Å². The van der Waals surface area contributed by atoms with Gasteiger partial charge in [0.2, 0.25) is 0 Å². The first-order valence-electron chi connectivity index (χ1n) is 15.4. The topological polar surface area (TPSA) is 497 Å². The lowest BCUT2D eigenvalue weighted by molar-refractivity contribution is -0.394. The first-order valence-corrected chi connectivity index (χ1v) is 21.0. The molecule has 342 valence electrons. The minimum atomic E-state index is -5.44. The van der Waals surface area contributed by atoms with Crippen molar-refractivity contribution in [3.05, 3.63) is 124 Å². The molecular formula is C31H22N6O23S4-4. The average molecular weight is 975 g/mol. The number of aromatic hydroxyl groups is 2. The van der Waals surface area contributed by atoms with Gasteiger partial charge in [-0.05, 0) is 53.9 Å². The third-order valence-corrected chi connectivity index (χ3v) is 10.9. The number of nitrogens with zero attached hydrogens (tertiary/aromatic N) is 5. The molecule has 0 amide bonds.